The van der Waals surface area contributed by atoms with Gasteiger partial charge >= 0.3 is 0 Å². The van der Waals surface area contributed by atoms with Gasteiger partial charge in [-0.05, 0) is 25.2 Å². The lowest BCUT2D eigenvalue weighted by Crippen LogP contribution is -2.15. The highest BCUT2D eigenvalue weighted by atomic mass is 16.5. The molecule has 0 radical (unpaired) electrons. The average molecular weight is 239 g/mol. The Morgan fingerprint density at radius 2 is 2.35 bits per heavy atom. The van der Waals surface area contributed by atoms with Crippen molar-refractivity contribution in [2.24, 2.45) is 5.92 Å². The molecular formula is C11H17N3O3. The molecule has 1 saturated carbocycles. The molecule has 2 aliphatic rings. The number of rotatable bonds is 4. The lowest BCUT2D eigenvalue weighted by molar-refractivity contribution is 0.0751. The van der Waals surface area contributed by atoms with Gasteiger partial charge in [0.05, 0.1) is 12.1 Å². The van der Waals surface area contributed by atoms with Crippen LogP contribution in [0, 0.1) is 5.92 Å². The summed E-state index contributed by atoms with van der Waals surface area (Å²) in [6.45, 7) is 0.582. The fourth-order valence-corrected chi connectivity index (χ4v) is 2.32. The Hall–Kier alpha value is -0.980. The van der Waals surface area contributed by atoms with E-state index in [-0.39, 0.29) is 18.2 Å². The van der Waals surface area contributed by atoms with Gasteiger partial charge < -0.3 is 19.7 Å². The quantitative estimate of drug-likeness (QED) is 0.799. The van der Waals surface area contributed by atoms with Gasteiger partial charge in [-0.2, -0.15) is 4.98 Å². The first-order chi connectivity index (χ1) is 8.28. The Morgan fingerprint density at radius 3 is 2.94 bits per heavy atom. The monoisotopic (exact) mass is 239 g/mol. The van der Waals surface area contributed by atoms with Gasteiger partial charge in [0.15, 0.2) is 0 Å². The van der Waals surface area contributed by atoms with Gasteiger partial charge in [-0.1, -0.05) is 5.16 Å². The predicted octanol–water partition coefficient (Wildman–Crippen LogP) is 0.562. The molecule has 0 bridgehead atoms. The first-order valence-corrected chi connectivity index (χ1v) is 6.05. The summed E-state index contributed by atoms with van der Waals surface area (Å²) >= 11 is 0. The summed E-state index contributed by atoms with van der Waals surface area (Å²) in [5.74, 6) is 1.72. The lowest BCUT2D eigenvalue weighted by Gasteiger charge is -2.08. The van der Waals surface area contributed by atoms with Crippen LogP contribution in [0.2, 0.25) is 0 Å². The van der Waals surface area contributed by atoms with Crippen LogP contribution < -0.4 is 5.32 Å². The maximum atomic E-state index is 9.44. The molecule has 0 amide bonds. The minimum Gasteiger partial charge on any atom is -0.392 e. The fourth-order valence-electron chi connectivity index (χ4n) is 2.32. The van der Waals surface area contributed by atoms with Crippen LogP contribution in [-0.4, -0.2) is 35.0 Å². The Kier molecular flexibility index (Phi) is 2.85. The molecule has 1 aliphatic carbocycles. The summed E-state index contributed by atoms with van der Waals surface area (Å²) in [7, 11) is 1.68. The second kappa shape index (κ2) is 4.36. The van der Waals surface area contributed by atoms with E-state index in [2.05, 4.69) is 15.5 Å². The highest BCUT2D eigenvalue weighted by molar-refractivity contribution is 5.02. The van der Waals surface area contributed by atoms with Crippen molar-refractivity contribution in [3.8, 4) is 0 Å². The van der Waals surface area contributed by atoms with E-state index in [0.717, 1.165) is 0 Å². The van der Waals surface area contributed by atoms with Crippen LogP contribution in [0.1, 0.15) is 43.1 Å². The number of nitrogens with one attached hydrogen (secondary N) is 1. The van der Waals surface area contributed by atoms with Crippen molar-refractivity contribution in [1.29, 1.82) is 0 Å². The zero-order valence-electron chi connectivity index (χ0n) is 9.80. The van der Waals surface area contributed by atoms with Gasteiger partial charge in [0.1, 0.15) is 6.10 Å². The van der Waals surface area contributed by atoms with Crippen LogP contribution >= 0.6 is 0 Å². The van der Waals surface area contributed by atoms with E-state index in [0.29, 0.717) is 30.6 Å². The minimum absolute atomic E-state index is 0.0250. The second-order valence-corrected chi connectivity index (χ2v) is 4.83. The maximum Gasteiger partial charge on any atom is 0.243 e. The molecule has 1 aliphatic heterocycles. The van der Waals surface area contributed by atoms with Crippen molar-refractivity contribution in [3.05, 3.63) is 11.7 Å². The molecular weight excluding hydrogens is 222 g/mol. The minimum atomic E-state index is -0.322. The summed E-state index contributed by atoms with van der Waals surface area (Å²) in [5, 5.41) is 16.6. The third-order valence-corrected chi connectivity index (χ3v) is 3.42. The van der Waals surface area contributed by atoms with E-state index >= 15 is 0 Å². The topological polar surface area (TPSA) is 80.4 Å². The number of hydrogen-bond acceptors (Lipinski definition) is 6. The number of aromatic nitrogens is 2. The van der Waals surface area contributed by atoms with Gasteiger partial charge in [-0.25, -0.2) is 0 Å². The van der Waals surface area contributed by atoms with Gasteiger partial charge in [0.25, 0.3) is 0 Å². The molecule has 94 valence electrons. The van der Waals surface area contributed by atoms with Crippen LogP contribution in [0.5, 0.6) is 0 Å². The van der Waals surface area contributed by atoms with E-state index in [4.69, 9.17) is 9.26 Å². The van der Waals surface area contributed by atoms with Crippen molar-refractivity contribution < 1.29 is 14.4 Å². The zero-order chi connectivity index (χ0) is 11.8. The summed E-state index contributed by atoms with van der Waals surface area (Å²) in [6.07, 6.45) is 2.60. The Bertz CT molecular complexity index is 391. The van der Waals surface area contributed by atoms with Crippen LogP contribution in [0.3, 0.4) is 0 Å². The molecule has 0 aromatic carbocycles. The maximum absolute atomic E-state index is 9.44. The second-order valence-electron chi connectivity index (χ2n) is 4.83. The van der Waals surface area contributed by atoms with Crippen molar-refractivity contribution in [2.45, 2.75) is 37.5 Å². The molecule has 2 fully saturated rings. The number of β-amino-alcohol motifs (C(OH)–C–C–N with tert-alkyl or cyclic N) is 1. The molecule has 1 saturated heterocycles. The fraction of sp³-hybridized carbons (Fsp3) is 0.818. The van der Waals surface area contributed by atoms with Gasteiger partial charge in [0.2, 0.25) is 11.7 Å². The molecule has 3 rings (SSSR count). The van der Waals surface area contributed by atoms with Crippen LogP contribution in [-0.2, 0) is 4.74 Å². The summed E-state index contributed by atoms with van der Waals surface area (Å²) < 4.78 is 10.6. The SMILES string of the molecule is COC(c1noc([C@@H]2C[C@@H](O)CN2)n1)C1CC1. The third-order valence-electron chi connectivity index (χ3n) is 3.42. The van der Waals surface area contributed by atoms with E-state index < -0.39 is 0 Å². The molecule has 2 heterocycles. The number of methoxy groups -OCH3 is 1. The smallest absolute Gasteiger partial charge is 0.243 e. The predicted molar refractivity (Wildman–Crippen MR) is 58.1 cm³/mol. The van der Waals surface area contributed by atoms with E-state index in [1.54, 1.807) is 7.11 Å². The summed E-state index contributed by atoms with van der Waals surface area (Å²) in [5.41, 5.74) is 0. The average Bonchev–Trinajstić information content (AvgIpc) is 2.87. The Labute approximate surface area is 99.3 Å². The standard InChI is InChI=1S/C11H17N3O3/c1-16-9(6-2-3-6)10-13-11(17-14-10)8-4-7(15)5-12-8/h6-9,12,15H,2-5H2,1H3/t7-,8+,9?/m1/s1. The largest absolute Gasteiger partial charge is 0.392 e. The van der Waals surface area contributed by atoms with Crippen molar-refractivity contribution in [2.75, 3.05) is 13.7 Å². The highest BCUT2D eigenvalue weighted by Crippen LogP contribution is 2.42. The van der Waals surface area contributed by atoms with E-state index in [1.807, 2.05) is 0 Å². The molecule has 3 atom stereocenters. The molecule has 6 nitrogen and oxygen atoms in total. The van der Waals surface area contributed by atoms with Crippen LogP contribution in [0.15, 0.2) is 4.52 Å². The number of ether oxygens (including phenoxy) is 1. The van der Waals surface area contributed by atoms with Crippen LogP contribution in [0.4, 0.5) is 0 Å². The molecule has 2 N–H and O–H groups in total. The van der Waals surface area contributed by atoms with Crippen LogP contribution in [0.25, 0.3) is 0 Å². The Balaban J connectivity index is 1.73. The number of hydrogen-bond donors (Lipinski definition) is 2. The van der Waals surface area contributed by atoms with Crippen molar-refractivity contribution >= 4 is 0 Å². The zero-order valence-corrected chi connectivity index (χ0v) is 9.80. The van der Waals surface area contributed by atoms with Crippen molar-refractivity contribution in [1.82, 2.24) is 15.5 Å². The molecule has 1 aromatic heterocycles. The number of aliphatic hydroxyl groups is 1. The summed E-state index contributed by atoms with van der Waals surface area (Å²) in [4.78, 5) is 4.38. The summed E-state index contributed by atoms with van der Waals surface area (Å²) in [6, 6.07) is -0.0250. The van der Waals surface area contributed by atoms with Gasteiger partial charge in [-0.15, -0.1) is 0 Å². The number of aliphatic hydroxyl groups excluding tert-OH is 1. The lowest BCUT2D eigenvalue weighted by atomic mass is 10.2. The molecule has 0 spiro atoms. The number of nitrogens with zero attached hydrogens (tertiary/aromatic N) is 2. The Morgan fingerprint density at radius 1 is 1.53 bits per heavy atom. The molecule has 1 aromatic rings. The van der Waals surface area contributed by atoms with E-state index in [9.17, 15) is 5.11 Å². The molecule has 17 heavy (non-hydrogen) atoms. The first kappa shape index (κ1) is 11.1. The third kappa shape index (κ3) is 2.20. The molecule has 1 unspecified atom stereocenters. The first-order valence-electron chi connectivity index (χ1n) is 6.05. The molecule has 6 heteroatoms. The van der Waals surface area contributed by atoms with Gasteiger partial charge in [0, 0.05) is 13.7 Å². The van der Waals surface area contributed by atoms with Crippen molar-refractivity contribution in [3.63, 3.8) is 0 Å². The van der Waals surface area contributed by atoms with Gasteiger partial charge in [-0.3, -0.25) is 0 Å². The normalized spacial score (nSPS) is 30.7. The highest BCUT2D eigenvalue weighted by Gasteiger charge is 2.36. The van der Waals surface area contributed by atoms with E-state index in [1.165, 1.54) is 12.8 Å².